The third-order valence-corrected chi connectivity index (χ3v) is 3.61. The van der Waals surface area contributed by atoms with Crippen LogP contribution >= 0.6 is 11.8 Å². The summed E-state index contributed by atoms with van der Waals surface area (Å²) in [7, 11) is 0. The Morgan fingerprint density at radius 3 is 2.80 bits per heavy atom. The topological polar surface area (TPSA) is 17.1 Å². The molecule has 0 amide bonds. The number of ketones is 1. The summed E-state index contributed by atoms with van der Waals surface area (Å²) in [4.78, 5) is 11.1. The van der Waals surface area contributed by atoms with Gasteiger partial charge in [0, 0.05) is 5.75 Å². The van der Waals surface area contributed by atoms with Gasteiger partial charge in [-0.2, -0.15) is 11.8 Å². The zero-order chi connectivity index (χ0) is 7.03. The fourth-order valence-electron chi connectivity index (χ4n) is 1.53. The van der Waals surface area contributed by atoms with E-state index >= 15 is 0 Å². The molecule has 1 nitrogen and oxygen atoms in total. The van der Waals surface area contributed by atoms with Gasteiger partial charge in [-0.3, -0.25) is 4.79 Å². The van der Waals surface area contributed by atoms with Crippen molar-refractivity contribution in [3.05, 3.63) is 12.2 Å². The van der Waals surface area contributed by atoms with Crippen LogP contribution in [0.25, 0.3) is 0 Å². The van der Waals surface area contributed by atoms with Crippen LogP contribution in [0.5, 0.6) is 0 Å². The Kier molecular flexibility index (Phi) is 1.37. The molecule has 0 aromatic carbocycles. The van der Waals surface area contributed by atoms with Crippen LogP contribution in [0.15, 0.2) is 12.2 Å². The molecule has 0 N–H and O–H groups in total. The van der Waals surface area contributed by atoms with Gasteiger partial charge in [0.25, 0.3) is 0 Å². The monoisotopic (exact) mass is 154 g/mol. The minimum absolute atomic E-state index is 0.00289. The first-order chi connectivity index (χ1) is 4.83. The molecule has 2 aliphatic rings. The molecule has 0 aromatic rings. The van der Waals surface area contributed by atoms with Gasteiger partial charge in [-0.05, 0) is 24.7 Å². The molecule has 2 heteroatoms. The third-order valence-electron chi connectivity index (χ3n) is 2.32. The van der Waals surface area contributed by atoms with Gasteiger partial charge >= 0.3 is 0 Å². The number of allylic oxidation sites excluding steroid dienone is 2. The second-order valence-electron chi connectivity index (χ2n) is 3.01. The van der Waals surface area contributed by atoms with Crippen LogP contribution in [0.3, 0.4) is 0 Å². The molecular formula is C8H10OS. The van der Waals surface area contributed by atoms with Gasteiger partial charge in [-0.1, -0.05) is 6.08 Å². The predicted molar refractivity (Wildman–Crippen MR) is 43.1 cm³/mol. The average molecular weight is 154 g/mol. The molecule has 0 bridgehead atoms. The minimum atomic E-state index is 0.00289. The molecule has 0 aromatic heterocycles. The maximum atomic E-state index is 11.1. The second-order valence-corrected chi connectivity index (χ2v) is 4.12. The lowest BCUT2D eigenvalue weighted by atomic mass is 9.73. The van der Waals surface area contributed by atoms with Crippen LogP contribution in [0.4, 0.5) is 0 Å². The molecule has 1 fully saturated rings. The van der Waals surface area contributed by atoms with Crippen molar-refractivity contribution >= 4 is 17.5 Å². The molecule has 1 aliphatic carbocycles. The fourth-order valence-corrected chi connectivity index (χ4v) is 2.77. The Balaban J connectivity index is 2.15. The lowest BCUT2D eigenvalue weighted by molar-refractivity contribution is -0.123. The van der Waals surface area contributed by atoms with E-state index in [1.54, 1.807) is 6.08 Å². The van der Waals surface area contributed by atoms with Crippen molar-refractivity contribution in [1.82, 2.24) is 0 Å². The molecular weight excluding hydrogens is 144 g/mol. The highest BCUT2D eigenvalue weighted by Gasteiger charge is 2.41. The number of hydrogen-bond acceptors (Lipinski definition) is 2. The van der Waals surface area contributed by atoms with Crippen molar-refractivity contribution in [2.75, 3.05) is 11.5 Å². The summed E-state index contributed by atoms with van der Waals surface area (Å²) in [6.45, 7) is 0. The van der Waals surface area contributed by atoms with E-state index in [-0.39, 0.29) is 5.41 Å². The van der Waals surface area contributed by atoms with Crippen molar-refractivity contribution in [3.8, 4) is 0 Å². The summed E-state index contributed by atoms with van der Waals surface area (Å²) < 4.78 is 0. The van der Waals surface area contributed by atoms with Crippen LogP contribution in [-0.4, -0.2) is 17.3 Å². The SMILES string of the molecule is O=C1C=CC12CCCSC2. The highest BCUT2D eigenvalue weighted by atomic mass is 32.2. The molecule has 1 heterocycles. The molecule has 1 atom stereocenters. The lowest BCUT2D eigenvalue weighted by Crippen LogP contribution is -2.39. The first-order valence-electron chi connectivity index (χ1n) is 3.65. The van der Waals surface area contributed by atoms with Crippen molar-refractivity contribution in [2.24, 2.45) is 5.41 Å². The number of hydrogen-bond donors (Lipinski definition) is 0. The fraction of sp³-hybridized carbons (Fsp3) is 0.625. The normalized spacial score (nSPS) is 38.2. The van der Waals surface area contributed by atoms with Crippen LogP contribution in [0, 0.1) is 5.41 Å². The van der Waals surface area contributed by atoms with Gasteiger partial charge < -0.3 is 0 Å². The van der Waals surface area contributed by atoms with E-state index in [4.69, 9.17) is 0 Å². The molecule has 10 heavy (non-hydrogen) atoms. The molecule has 0 radical (unpaired) electrons. The van der Waals surface area contributed by atoms with Crippen LogP contribution < -0.4 is 0 Å². The standard InChI is InChI=1S/C8H10OS/c9-7-2-4-8(7)3-1-5-10-6-8/h2,4H,1,3,5-6H2. The smallest absolute Gasteiger partial charge is 0.166 e. The highest BCUT2D eigenvalue weighted by Crippen LogP contribution is 2.41. The zero-order valence-electron chi connectivity index (χ0n) is 5.80. The Labute approximate surface area is 64.9 Å². The first-order valence-corrected chi connectivity index (χ1v) is 4.80. The summed E-state index contributed by atoms with van der Waals surface area (Å²) in [5.74, 6) is 2.63. The Hall–Kier alpha value is -0.240. The van der Waals surface area contributed by atoms with Crippen molar-refractivity contribution in [1.29, 1.82) is 0 Å². The van der Waals surface area contributed by atoms with Crippen LogP contribution in [-0.2, 0) is 4.79 Å². The van der Waals surface area contributed by atoms with E-state index in [1.807, 2.05) is 11.8 Å². The van der Waals surface area contributed by atoms with E-state index in [1.165, 1.54) is 12.2 Å². The van der Waals surface area contributed by atoms with E-state index < -0.39 is 0 Å². The number of thioether (sulfide) groups is 1. The molecule has 1 aliphatic heterocycles. The summed E-state index contributed by atoms with van der Waals surface area (Å²) >= 11 is 1.91. The average Bonchev–Trinajstić information content (AvgIpc) is 2.04. The van der Waals surface area contributed by atoms with Gasteiger partial charge in [-0.25, -0.2) is 0 Å². The van der Waals surface area contributed by atoms with Gasteiger partial charge in [-0.15, -0.1) is 0 Å². The van der Waals surface area contributed by atoms with Gasteiger partial charge in [0.2, 0.25) is 0 Å². The second kappa shape index (κ2) is 2.12. The summed E-state index contributed by atoms with van der Waals surface area (Å²) in [6.07, 6.45) is 6.10. The predicted octanol–water partition coefficient (Wildman–Crippen LogP) is 1.64. The molecule has 1 spiro atoms. The summed E-state index contributed by atoms with van der Waals surface area (Å²) in [6, 6.07) is 0. The molecule has 1 unspecified atom stereocenters. The molecule has 2 rings (SSSR count). The lowest BCUT2D eigenvalue weighted by Gasteiger charge is -2.36. The van der Waals surface area contributed by atoms with E-state index in [0.717, 1.165) is 12.2 Å². The van der Waals surface area contributed by atoms with Crippen molar-refractivity contribution < 1.29 is 4.79 Å². The van der Waals surface area contributed by atoms with E-state index in [0.29, 0.717) is 5.78 Å². The van der Waals surface area contributed by atoms with Crippen molar-refractivity contribution in [3.63, 3.8) is 0 Å². The van der Waals surface area contributed by atoms with Crippen molar-refractivity contribution in [2.45, 2.75) is 12.8 Å². The molecule has 0 saturated carbocycles. The van der Waals surface area contributed by atoms with Gasteiger partial charge in [0.05, 0.1) is 5.41 Å². The number of rotatable bonds is 0. The maximum absolute atomic E-state index is 11.1. The number of carbonyl (C=O) groups excluding carboxylic acids is 1. The van der Waals surface area contributed by atoms with Gasteiger partial charge in [0.15, 0.2) is 5.78 Å². The molecule has 54 valence electrons. The van der Waals surface area contributed by atoms with Gasteiger partial charge in [0.1, 0.15) is 0 Å². The number of carbonyl (C=O) groups is 1. The third kappa shape index (κ3) is 0.749. The largest absolute Gasteiger partial charge is 0.294 e. The summed E-state index contributed by atoms with van der Waals surface area (Å²) in [5, 5.41) is 0. The van der Waals surface area contributed by atoms with E-state index in [9.17, 15) is 4.79 Å². The van der Waals surface area contributed by atoms with Crippen LogP contribution in [0.2, 0.25) is 0 Å². The highest BCUT2D eigenvalue weighted by molar-refractivity contribution is 7.99. The quantitative estimate of drug-likeness (QED) is 0.527. The molecule has 1 saturated heterocycles. The summed E-state index contributed by atoms with van der Waals surface area (Å²) in [5.41, 5.74) is 0.00289. The van der Waals surface area contributed by atoms with Crippen LogP contribution in [0.1, 0.15) is 12.8 Å². The Morgan fingerprint density at radius 1 is 1.60 bits per heavy atom. The Morgan fingerprint density at radius 2 is 2.50 bits per heavy atom. The zero-order valence-corrected chi connectivity index (χ0v) is 6.62. The maximum Gasteiger partial charge on any atom is 0.166 e. The minimum Gasteiger partial charge on any atom is -0.294 e. The first kappa shape index (κ1) is 6.47. The van der Waals surface area contributed by atoms with E-state index in [2.05, 4.69) is 6.08 Å². The Bertz CT molecular complexity index is 189.